The highest BCUT2D eigenvalue weighted by atomic mass is 35.5. The van der Waals surface area contributed by atoms with Crippen LogP contribution in [0.4, 0.5) is 13.2 Å². The van der Waals surface area contributed by atoms with Crippen LogP contribution in [0.2, 0.25) is 0 Å². The van der Waals surface area contributed by atoms with Crippen LogP contribution in [0, 0.1) is 24.2 Å². The lowest BCUT2D eigenvalue weighted by atomic mass is 9.97. The van der Waals surface area contributed by atoms with Crippen LogP contribution in [0.5, 0.6) is 0 Å². The van der Waals surface area contributed by atoms with E-state index in [0.717, 1.165) is 22.3 Å². The smallest absolute Gasteiger partial charge is 0.424 e. The number of carbonyl (C=O) groups is 1. The fourth-order valence-corrected chi connectivity index (χ4v) is 5.50. The molecule has 1 fully saturated rings. The zero-order valence-corrected chi connectivity index (χ0v) is 21.7. The third kappa shape index (κ3) is 5.79. The van der Waals surface area contributed by atoms with Crippen LogP contribution in [0.1, 0.15) is 25.0 Å². The zero-order valence-electron chi connectivity index (χ0n) is 19.4. The Morgan fingerprint density at radius 2 is 1.69 bits per heavy atom. The van der Waals surface area contributed by atoms with Gasteiger partial charge in [-0.3, -0.25) is 8.98 Å². The Bertz CT molecular complexity index is 1200. The first-order valence-corrected chi connectivity index (χ1v) is 13.2. The summed E-state index contributed by atoms with van der Waals surface area (Å²) in [7, 11) is -4.38. The maximum atomic E-state index is 13.6. The summed E-state index contributed by atoms with van der Waals surface area (Å²) >= 11 is 11.2. The van der Waals surface area contributed by atoms with Crippen LogP contribution < -0.4 is 0 Å². The third-order valence-corrected chi connectivity index (χ3v) is 7.82. The molecule has 0 spiro atoms. The van der Waals surface area contributed by atoms with Crippen molar-refractivity contribution in [3.05, 3.63) is 59.7 Å². The Morgan fingerprint density at radius 1 is 1.09 bits per heavy atom. The van der Waals surface area contributed by atoms with Crippen LogP contribution in [-0.4, -0.2) is 37.3 Å². The standard InChI is InChI=1S/C24H25Cl2F3O5S/c1-14-16(11-8-12-17(14)15-9-6-5-7-10-15)13-33-21(30)19-18(22(19,2)3)20(34-35(4,31)32)23(25,26)24(27,28)29/h5-12,18-20H,13H2,1-4H3. The number of alkyl halides is 5. The summed E-state index contributed by atoms with van der Waals surface area (Å²) in [5.74, 6) is -3.15. The molecule has 0 heterocycles. The predicted octanol–water partition coefficient (Wildman–Crippen LogP) is 6.06. The van der Waals surface area contributed by atoms with Gasteiger partial charge < -0.3 is 4.74 Å². The van der Waals surface area contributed by atoms with Gasteiger partial charge in [-0.25, -0.2) is 0 Å². The van der Waals surface area contributed by atoms with E-state index in [-0.39, 0.29) is 6.61 Å². The molecule has 1 aliphatic rings. The molecule has 3 rings (SSSR count). The van der Waals surface area contributed by atoms with E-state index in [9.17, 15) is 26.4 Å². The lowest BCUT2D eigenvalue weighted by molar-refractivity contribution is -0.163. The lowest BCUT2D eigenvalue weighted by Crippen LogP contribution is -2.49. The molecule has 2 aromatic carbocycles. The molecule has 0 radical (unpaired) electrons. The molecule has 0 amide bonds. The second-order valence-electron chi connectivity index (χ2n) is 9.23. The van der Waals surface area contributed by atoms with Gasteiger partial charge in [0.1, 0.15) is 12.7 Å². The minimum absolute atomic E-state index is 0.117. The Morgan fingerprint density at radius 3 is 2.23 bits per heavy atom. The molecule has 2 aromatic rings. The summed E-state index contributed by atoms with van der Waals surface area (Å²) in [5, 5.41) is 0. The number of rotatable bonds is 8. The van der Waals surface area contributed by atoms with Crippen molar-refractivity contribution in [3.8, 4) is 11.1 Å². The first-order valence-electron chi connectivity index (χ1n) is 10.6. The zero-order chi connectivity index (χ0) is 26.4. The van der Waals surface area contributed by atoms with Crippen LogP contribution in [0.15, 0.2) is 48.5 Å². The van der Waals surface area contributed by atoms with E-state index < -0.39 is 50.0 Å². The Kier molecular flexibility index (Phi) is 7.60. The molecule has 3 unspecified atom stereocenters. The van der Waals surface area contributed by atoms with Crippen LogP contribution in [0.3, 0.4) is 0 Å². The molecule has 3 atom stereocenters. The fraction of sp³-hybridized carbons (Fsp3) is 0.458. The summed E-state index contributed by atoms with van der Waals surface area (Å²) in [6, 6.07) is 15.1. The highest BCUT2D eigenvalue weighted by molar-refractivity contribution is 7.86. The van der Waals surface area contributed by atoms with Crippen molar-refractivity contribution in [2.75, 3.05) is 6.26 Å². The number of halogens is 5. The molecular weight excluding hydrogens is 528 g/mol. The second kappa shape index (κ2) is 9.57. The van der Waals surface area contributed by atoms with E-state index in [1.165, 1.54) is 13.8 Å². The summed E-state index contributed by atoms with van der Waals surface area (Å²) in [6.07, 6.45) is -6.87. The van der Waals surface area contributed by atoms with E-state index in [1.807, 2.05) is 49.4 Å². The molecule has 11 heteroatoms. The largest absolute Gasteiger partial charge is 0.461 e. The Labute approximate surface area is 212 Å². The van der Waals surface area contributed by atoms with Crippen molar-refractivity contribution >= 4 is 39.3 Å². The minimum atomic E-state index is -5.21. The number of carbonyl (C=O) groups excluding carboxylic acids is 1. The van der Waals surface area contributed by atoms with Crippen molar-refractivity contribution < 1.29 is 35.3 Å². The number of hydrogen-bond donors (Lipinski definition) is 0. The molecular formula is C24H25Cl2F3O5S. The van der Waals surface area contributed by atoms with Crippen molar-refractivity contribution in [2.45, 2.75) is 44.0 Å². The van der Waals surface area contributed by atoms with Crippen LogP contribution in [-0.2, 0) is 30.4 Å². The topological polar surface area (TPSA) is 69.7 Å². The van der Waals surface area contributed by atoms with Crippen molar-refractivity contribution in [1.82, 2.24) is 0 Å². The SMILES string of the molecule is Cc1c(COC(=O)C2C(C(OS(C)(=O)=O)C(Cl)(Cl)C(F)(F)F)C2(C)C)cccc1-c1ccccc1. The number of hydrogen-bond acceptors (Lipinski definition) is 5. The van der Waals surface area contributed by atoms with E-state index in [2.05, 4.69) is 0 Å². The number of ether oxygens (including phenoxy) is 1. The quantitative estimate of drug-likeness (QED) is 0.226. The molecule has 0 N–H and O–H groups in total. The molecule has 1 aliphatic carbocycles. The van der Waals surface area contributed by atoms with Crippen molar-refractivity contribution in [2.24, 2.45) is 17.3 Å². The van der Waals surface area contributed by atoms with Gasteiger partial charge in [0, 0.05) is 5.92 Å². The van der Waals surface area contributed by atoms with Gasteiger partial charge in [-0.1, -0.05) is 85.6 Å². The summed E-state index contributed by atoms with van der Waals surface area (Å²) in [4.78, 5) is 12.9. The second-order valence-corrected chi connectivity index (χ2v) is 12.2. The van der Waals surface area contributed by atoms with Gasteiger partial charge in [-0.15, -0.1) is 0 Å². The average Bonchev–Trinajstić information content (AvgIpc) is 3.31. The molecule has 0 aliphatic heterocycles. The maximum absolute atomic E-state index is 13.6. The van der Waals surface area contributed by atoms with E-state index in [4.69, 9.17) is 32.1 Å². The van der Waals surface area contributed by atoms with Gasteiger partial charge in [0.05, 0.1) is 12.2 Å². The molecule has 0 bridgehead atoms. The summed E-state index contributed by atoms with van der Waals surface area (Å²) < 4.78 is 70.7. The number of benzene rings is 2. The van der Waals surface area contributed by atoms with Crippen molar-refractivity contribution in [3.63, 3.8) is 0 Å². The Balaban J connectivity index is 1.81. The maximum Gasteiger partial charge on any atom is 0.424 e. The molecule has 1 saturated carbocycles. The third-order valence-electron chi connectivity index (χ3n) is 6.41. The van der Waals surface area contributed by atoms with Gasteiger partial charge in [0.15, 0.2) is 0 Å². The molecule has 5 nitrogen and oxygen atoms in total. The van der Waals surface area contributed by atoms with Gasteiger partial charge in [-0.05, 0) is 34.6 Å². The van der Waals surface area contributed by atoms with Gasteiger partial charge in [0.2, 0.25) is 4.33 Å². The first-order chi connectivity index (χ1) is 16.0. The lowest BCUT2D eigenvalue weighted by Gasteiger charge is -2.31. The van der Waals surface area contributed by atoms with E-state index >= 15 is 0 Å². The van der Waals surface area contributed by atoms with Gasteiger partial charge in [0.25, 0.3) is 10.1 Å². The van der Waals surface area contributed by atoms with E-state index in [1.54, 1.807) is 6.07 Å². The van der Waals surface area contributed by atoms with Crippen LogP contribution >= 0.6 is 23.2 Å². The molecule has 0 saturated heterocycles. The van der Waals surface area contributed by atoms with Crippen molar-refractivity contribution in [1.29, 1.82) is 0 Å². The van der Waals surface area contributed by atoms with E-state index in [0.29, 0.717) is 6.26 Å². The van der Waals surface area contributed by atoms with Gasteiger partial charge in [-0.2, -0.15) is 21.6 Å². The first kappa shape index (κ1) is 27.8. The molecule has 0 aromatic heterocycles. The van der Waals surface area contributed by atoms with Gasteiger partial charge >= 0.3 is 12.1 Å². The summed E-state index contributed by atoms with van der Waals surface area (Å²) in [5.41, 5.74) is 2.43. The average molecular weight is 553 g/mol. The normalized spacial score (nSPS) is 20.8. The molecule has 35 heavy (non-hydrogen) atoms. The number of esters is 1. The Hall–Kier alpha value is -1.81. The predicted molar refractivity (Wildman–Crippen MR) is 127 cm³/mol. The monoisotopic (exact) mass is 552 g/mol. The highest BCUT2D eigenvalue weighted by Crippen LogP contribution is 2.65. The van der Waals surface area contributed by atoms with Crippen LogP contribution in [0.25, 0.3) is 11.1 Å². The minimum Gasteiger partial charge on any atom is -0.461 e. The highest BCUT2D eigenvalue weighted by Gasteiger charge is 2.74. The fourth-order valence-electron chi connectivity index (χ4n) is 4.40. The summed E-state index contributed by atoms with van der Waals surface area (Å²) in [6.45, 7) is 4.77. The molecule has 192 valence electrons.